The Morgan fingerprint density at radius 2 is 2.23 bits per heavy atom. The van der Waals surface area contributed by atoms with E-state index in [0.717, 1.165) is 19.3 Å². The zero-order valence-electron chi connectivity index (χ0n) is 7.41. The van der Waals surface area contributed by atoms with E-state index in [9.17, 15) is 9.59 Å². The minimum Gasteiger partial charge on any atom is -0.454 e. The first kappa shape index (κ1) is 8.48. The fourth-order valence-electron chi connectivity index (χ4n) is 1.99. The molecule has 0 amide bonds. The zero-order valence-corrected chi connectivity index (χ0v) is 7.41. The number of hydrogen-bond acceptors (Lipinski definition) is 3. The third-order valence-electron chi connectivity index (χ3n) is 2.55. The maximum Gasteiger partial charge on any atom is 0.314 e. The van der Waals surface area contributed by atoms with Crippen LogP contribution in [0.25, 0.3) is 0 Å². The molecule has 13 heavy (non-hydrogen) atoms. The second kappa shape index (κ2) is 2.98. The Hall–Kier alpha value is -1.12. The molecule has 3 heteroatoms. The average Bonchev–Trinajstić information content (AvgIpc) is 2.02. The second-order valence-corrected chi connectivity index (χ2v) is 3.73. The standard InChI is InChI=1S/C10H12O3/c11-8-6-9(12)13-10(7-8)4-2-1-3-5-10/h2,4H,1,3,5-7H2. The number of hydrogen-bond donors (Lipinski definition) is 0. The molecule has 0 aromatic carbocycles. The summed E-state index contributed by atoms with van der Waals surface area (Å²) >= 11 is 0. The predicted molar refractivity (Wildman–Crippen MR) is 46.1 cm³/mol. The van der Waals surface area contributed by atoms with E-state index in [4.69, 9.17) is 4.74 Å². The Morgan fingerprint density at radius 1 is 1.38 bits per heavy atom. The van der Waals surface area contributed by atoms with Gasteiger partial charge in [-0.05, 0) is 25.3 Å². The van der Waals surface area contributed by atoms with Gasteiger partial charge in [0, 0.05) is 0 Å². The Balaban J connectivity index is 2.21. The van der Waals surface area contributed by atoms with E-state index in [1.807, 2.05) is 12.2 Å². The van der Waals surface area contributed by atoms with Crippen molar-refractivity contribution in [1.82, 2.24) is 0 Å². The molecule has 70 valence electrons. The van der Waals surface area contributed by atoms with Crippen LogP contribution in [0.15, 0.2) is 12.2 Å². The monoisotopic (exact) mass is 180 g/mol. The number of rotatable bonds is 0. The summed E-state index contributed by atoms with van der Waals surface area (Å²) in [5.41, 5.74) is -0.579. The van der Waals surface area contributed by atoms with Crippen LogP contribution in [0.3, 0.4) is 0 Å². The molecular weight excluding hydrogens is 168 g/mol. The minimum absolute atomic E-state index is 0.00259. The van der Waals surface area contributed by atoms with Gasteiger partial charge >= 0.3 is 5.97 Å². The third-order valence-corrected chi connectivity index (χ3v) is 2.55. The van der Waals surface area contributed by atoms with Crippen molar-refractivity contribution in [2.75, 3.05) is 0 Å². The lowest BCUT2D eigenvalue weighted by molar-refractivity contribution is -0.165. The maximum absolute atomic E-state index is 11.2. The number of carbonyl (C=O) groups is 2. The van der Waals surface area contributed by atoms with Crippen molar-refractivity contribution in [3.8, 4) is 0 Å². The number of ketones is 1. The number of Topliss-reactive ketones (excluding diaryl/α,β-unsaturated/α-hetero) is 1. The van der Waals surface area contributed by atoms with Crippen LogP contribution in [-0.4, -0.2) is 17.4 Å². The van der Waals surface area contributed by atoms with Crippen molar-refractivity contribution in [3.05, 3.63) is 12.2 Å². The molecule has 0 bridgehead atoms. The Labute approximate surface area is 76.8 Å². The third kappa shape index (κ3) is 1.64. The summed E-state index contributed by atoms with van der Waals surface area (Å²) < 4.78 is 5.24. The van der Waals surface area contributed by atoms with Gasteiger partial charge in [0.05, 0.1) is 6.42 Å². The Kier molecular flexibility index (Phi) is 1.94. The van der Waals surface area contributed by atoms with Crippen LogP contribution in [0.2, 0.25) is 0 Å². The first-order valence-corrected chi connectivity index (χ1v) is 4.61. The van der Waals surface area contributed by atoms with Gasteiger partial charge in [-0.1, -0.05) is 6.08 Å². The SMILES string of the molecule is O=C1CC(=O)OC2(C=CCCC2)C1. The zero-order chi connectivity index (χ0) is 9.31. The topological polar surface area (TPSA) is 43.4 Å². The molecule has 0 aromatic rings. The van der Waals surface area contributed by atoms with E-state index in [1.165, 1.54) is 0 Å². The molecule has 1 atom stereocenters. The van der Waals surface area contributed by atoms with E-state index in [-0.39, 0.29) is 18.2 Å². The van der Waals surface area contributed by atoms with Crippen LogP contribution in [0, 0.1) is 0 Å². The molecular formula is C10H12O3. The highest BCUT2D eigenvalue weighted by Crippen LogP contribution is 2.33. The normalized spacial score (nSPS) is 33.5. The molecule has 2 aliphatic rings. The predicted octanol–water partition coefficient (Wildman–Crippen LogP) is 1.37. The highest BCUT2D eigenvalue weighted by Gasteiger charge is 2.39. The molecule has 0 aromatic heterocycles. The summed E-state index contributed by atoms with van der Waals surface area (Å²) in [7, 11) is 0. The Bertz CT molecular complexity index is 262. The summed E-state index contributed by atoms with van der Waals surface area (Å²) in [6.07, 6.45) is 7.01. The number of esters is 1. The molecule has 1 heterocycles. The summed E-state index contributed by atoms with van der Waals surface area (Å²) in [6.45, 7) is 0. The van der Waals surface area contributed by atoms with Gasteiger partial charge in [0.25, 0.3) is 0 Å². The van der Waals surface area contributed by atoms with E-state index in [1.54, 1.807) is 0 Å². The van der Waals surface area contributed by atoms with Crippen LogP contribution in [0.5, 0.6) is 0 Å². The van der Waals surface area contributed by atoms with Crippen molar-refractivity contribution in [3.63, 3.8) is 0 Å². The molecule has 1 fully saturated rings. The fraction of sp³-hybridized carbons (Fsp3) is 0.600. The van der Waals surface area contributed by atoms with E-state index in [2.05, 4.69) is 0 Å². The lowest BCUT2D eigenvalue weighted by atomic mass is 9.84. The van der Waals surface area contributed by atoms with Crippen molar-refractivity contribution < 1.29 is 14.3 Å². The number of carbonyl (C=O) groups excluding carboxylic acids is 2. The highest BCUT2D eigenvalue weighted by atomic mass is 16.6. The molecule has 1 spiro atoms. The minimum atomic E-state index is -0.579. The number of allylic oxidation sites excluding steroid dienone is 1. The van der Waals surface area contributed by atoms with E-state index in [0.29, 0.717) is 6.42 Å². The summed E-state index contributed by atoms with van der Waals surface area (Å²) in [5.74, 6) is -0.370. The van der Waals surface area contributed by atoms with Gasteiger partial charge in [-0.25, -0.2) is 0 Å². The van der Waals surface area contributed by atoms with Gasteiger partial charge in [-0.15, -0.1) is 0 Å². The molecule has 0 saturated carbocycles. The van der Waals surface area contributed by atoms with Crippen molar-refractivity contribution >= 4 is 11.8 Å². The molecule has 0 N–H and O–H groups in total. The Morgan fingerprint density at radius 3 is 2.85 bits per heavy atom. The van der Waals surface area contributed by atoms with Gasteiger partial charge in [0.1, 0.15) is 17.8 Å². The largest absolute Gasteiger partial charge is 0.454 e. The van der Waals surface area contributed by atoms with Gasteiger partial charge < -0.3 is 4.74 Å². The molecule has 1 aliphatic heterocycles. The molecule has 1 saturated heterocycles. The molecule has 3 nitrogen and oxygen atoms in total. The molecule has 1 unspecified atom stereocenters. The first-order chi connectivity index (χ1) is 6.20. The summed E-state index contributed by atoms with van der Waals surface area (Å²) in [4.78, 5) is 22.3. The van der Waals surface area contributed by atoms with Gasteiger partial charge in [0.2, 0.25) is 0 Å². The van der Waals surface area contributed by atoms with Gasteiger partial charge in [-0.3, -0.25) is 9.59 Å². The highest BCUT2D eigenvalue weighted by molar-refractivity contribution is 5.98. The lowest BCUT2D eigenvalue weighted by Gasteiger charge is -2.35. The van der Waals surface area contributed by atoms with Crippen LogP contribution in [0.1, 0.15) is 32.1 Å². The van der Waals surface area contributed by atoms with Gasteiger partial charge in [0.15, 0.2) is 0 Å². The van der Waals surface area contributed by atoms with Crippen molar-refractivity contribution in [2.24, 2.45) is 0 Å². The maximum atomic E-state index is 11.2. The van der Waals surface area contributed by atoms with Crippen molar-refractivity contribution in [1.29, 1.82) is 0 Å². The molecule has 0 radical (unpaired) electrons. The van der Waals surface area contributed by atoms with Crippen LogP contribution in [-0.2, 0) is 14.3 Å². The first-order valence-electron chi connectivity index (χ1n) is 4.61. The van der Waals surface area contributed by atoms with Gasteiger partial charge in [-0.2, -0.15) is 0 Å². The summed E-state index contributed by atoms with van der Waals surface area (Å²) in [6, 6.07) is 0. The van der Waals surface area contributed by atoms with Crippen LogP contribution in [0.4, 0.5) is 0 Å². The van der Waals surface area contributed by atoms with Crippen molar-refractivity contribution in [2.45, 2.75) is 37.7 Å². The van der Waals surface area contributed by atoms with E-state index >= 15 is 0 Å². The average molecular weight is 180 g/mol. The van der Waals surface area contributed by atoms with E-state index < -0.39 is 5.60 Å². The smallest absolute Gasteiger partial charge is 0.314 e. The second-order valence-electron chi connectivity index (χ2n) is 3.73. The molecule has 2 rings (SSSR count). The quantitative estimate of drug-likeness (QED) is 0.321. The van der Waals surface area contributed by atoms with Crippen LogP contribution < -0.4 is 0 Å². The van der Waals surface area contributed by atoms with Crippen LogP contribution >= 0.6 is 0 Å². The molecule has 1 aliphatic carbocycles. The number of ether oxygens (including phenoxy) is 1. The summed E-state index contributed by atoms with van der Waals surface area (Å²) in [5, 5.41) is 0. The fourth-order valence-corrected chi connectivity index (χ4v) is 1.99. The lowest BCUT2D eigenvalue weighted by Crippen LogP contribution is -2.41.